The lowest BCUT2D eigenvalue weighted by Crippen LogP contribution is -2.46. The summed E-state index contributed by atoms with van der Waals surface area (Å²) in [7, 11) is 1.58. The summed E-state index contributed by atoms with van der Waals surface area (Å²) in [5.41, 5.74) is 0.553. The van der Waals surface area contributed by atoms with E-state index in [0.717, 1.165) is 31.8 Å². The Morgan fingerprint density at radius 2 is 2.10 bits per heavy atom. The summed E-state index contributed by atoms with van der Waals surface area (Å²) in [4.78, 5) is 14.2. The van der Waals surface area contributed by atoms with E-state index in [-0.39, 0.29) is 5.91 Å². The minimum Gasteiger partial charge on any atom is -0.497 e. The first kappa shape index (κ1) is 14.8. The minimum atomic E-state index is -0.187. The number of nitrogens with zero attached hydrogens (tertiary/aromatic N) is 1. The van der Waals surface area contributed by atoms with Crippen LogP contribution in [-0.2, 0) is 0 Å². The first-order valence-corrected chi connectivity index (χ1v) is 7.25. The fourth-order valence-corrected chi connectivity index (χ4v) is 2.50. The Morgan fingerprint density at radius 1 is 1.40 bits per heavy atom. The van der Waals surface area contributed by atoms with Gasteiger partial charge in [0, 0.05) is 18.7 Å². The highest BCUT2D eigenvalue weighted by Crippen LogP contribution is 2.16. The van der Waals surface area contributed by atoms with Crippen LogP contribution < -0.4 is 10.1 Å². The smallest absolute Gasteiger partial charge is 0.257 e. The molecule has 0 aliphatic carbocycles. The van der Waals surface area contributed by atoms with E-state index >= 15 is 0 Å². The van der Waals surface area contributed by atoms with E-state index in [1.807, 2.05) is 0 Å². The van der Waals surface area contributed by atoms with Gasteiger partial charge < -0.3 is 9.64 Å². The van der Waals surface area contributed by atoms with Crippen LogP contribution in [0.15, 0.2) is 24.3 Å². The van der Waals surface area contributed by atoms with Crippen LogP contribution in [0.2, 0.25) is 0 Å². The second-order valence-corrected chi connectivity index (χ2v) is 5.55. The maximum absolute atomic E-state index is 12.1. The molecule has 1 fully saturated rings. The van der Waals surface area contributed by atoms with Gasteiger partial charge in [0.1, 0.15) is 5.75 Å². The summed E-state index contributed by atoms with van der Waals surface area (Å²) < 4.78 is 5.11. The highest BCUT2D eigenvalue weighted by atomic mass is 32.1. The van der Waals surface area contributed by atoms with Gasteiger partial charge in [0.05, 0.1) is 7.11 Å². The monoisotopic (exact) mass is 292 g/mol. The summed E-state index contributed by atoms with van der Waals surface area (Å²) in [5, 5.41) is 3.31. The van der Waals surface area contributed by atoms with E-state index in [1.54, 1.807) is 31.4 Å². The van der Waals surface area contributed by atoms with Gasteiger partial charge in [0.15, 0.2) is 5.11 Å². The molecule has 0 bridgehead atoms. The fourth-order valence-electron chi connectivity index (χ4n) is 2.22. The van der Waals surface area contributed by atoms with E-state index in [0.29, 0.717) is 16.4 Å². The number of piperidine rings is 1. The van der Waals surface area contributed by atoms with Gasteiger partial charge in [0.2, 0.25) is 0 Å². The van der Waals surface area contributed by atoms with Crippen molar-refractivity contribution in [2.45, 2.75) is 19.8 Å². The average molecular weight is 292 g/mol. The molecule has 1 amide bonds. The Morgan fingerprint density at radius 3 is 2.75 bits per heavy atom. The molecule has 4 nitrogen and oxygen atoms in total. The Kier molecular flexibility index (Phi) is 4.95. The molecule has 0 radical (unpaired) electrons. The molecule has 0 spiro atoms. The van der Waals surface area contributed by atoms with Gasteiger partial charge in [-0.25, -0.2) is 0 Å². The maximum Gasteiger partial charge on any atom is 0.257 e. The molecule has 0 aromatic heterocycles. The molecule has 5 heteroatoms. The Balaban J connectivity index is 1.95. The van der Waals surface area contributed by atoms with Crippen molar-refractivity contribution in [3.8, 4) is 5.75 Å². The van der Waals surface area contributed by atoms with Crippen LogP contribution >= 0.6 is 12.2 Å². The standard InChI is InChI=1S/C15H20N2O2S/c1-11-6-8-17(9-7-11)15(20)16-14(18)12-4-3-5-13(10-12)19-2/h3-5,10-11H,6-9H2,1-2H3,(H,16,18,20). The van der Waals surface area contributed by atoms with Crippen molar-refractivity contribution in [1.29, 1.82) is 0 Å². The third-order valence-electron chi connectivity index (χ3n) is 3.62. The highest BCUT2D eigenvalue weighted by Gasteiger charge is 2.19. The number of ether oxygens (including phenoxy) is 1. The maximum atomic E-state index is 12.1. The second kappa shape index (κ2) is 6.70. The summed E-state index contributed by atoms with van der Waals surface area (Å²) in [6.07, 6.45) is 2.24. The third-order valence-corrected chi connectivity index (χ3v) is 3.98. The summed E-state index contributed by atoms with van der Waals surface area (Å²) in [6, 6.07) is 7.05. The molecule has 108 valence electrons. The number of carbonyl (C=O) groups is 1. The van der Waals surface area contributed by atoms with Crippen LogP contribution in [0.1, 0.15) is 30.1 Å². The Bertz CT molecular complexity index is 496. The van der Waals surface area contributed by atoms with Crippen molar-refractivity contribution in [1.82, 2.24) is 10.2 Å². The molecule has 0 saturated carbocycles. The van der Waals surface area contributed by atoms with Gasteiger partial charge in [-0.15, -0.1) is 0 Å². The van der Waals surface area contributed by atoms with Crippen LogP contribution in [0, 0.1) is 5.92 Å². The number of benzene rings is 1. The SMILES string of the molecule is COc1cccc(C(=O)NC(=S)N2CCC(C)CC2)c1. The van der Waals surface area contributed by atoms with E-state index in [4.69, 9.17) is 17.0 Å². The molecule has 1 aromatic carbocycles. The lowest BCUT2D eigenvalue weighted by atomic mass is 10.00. The van der Waals surface area contributed by atoms with Crippen molar-refractivity contribution in [3.63, 3.8) is 0 Å². The van der Waals surface area contributed by atoms with Crippen molar-refractivity contribution in [2.75, 3.05) is 20.2 Å². The number of hydrogen-bond acceptors (Lipinski definition) is 3. The molecule has 1 saturated heterocycles. The van der Waals surface area contributed by atoms with E-state index in [9.17, 15) is 4.79 Å². The van der Waals surface area contributed by atoms with Gasteiger partial charge in [-0.2, -0.15) is 0 Å². The number of thiocarbonyl (C=S) groups is 1. The summed E-state index contributed by atoms with van der Waals surface area (Å²) in [5.74, 6) is 1.21. The van der Waals surface area contributed by atoms with Gasteiger partial charge in [-0.1, -0.05) is 13.0 Å². The Hall–Kier alpha value is -1.62. The van der Waals surface area contributed by atoms with E-state index < -0.39 is 0 Å². The molecule has 1 heterocycles. The van der Waals surface area contributed by atoms with Crippen LogP contribution in [0.5, 0.6) is 5.75 Å². The average Bonchev–Trinajstić information content (AvgIpc) is 2.47. The number of rotatable bonds is 2. The molecule has 0 atom stereocenters. The molecular weight excluding hydrogens is 272 g/mol. The van der Waals surface area contributed by atoms with Crippen molar-refractivity contribution >= 4 is 23.2 Å². The predicted molar refractivity (Wildman–Crippen MR) is 83.0 cm³/mol. The first-order valence-electron chi connectivity index (χ1n) is 6.84. The van der Waals surface area contributed by atoms with Crippen LogP contribution in [0.4, 0.5) is 0 Å². The lowest BCUT2D eigenvalue weighted by Gasteiger charge is -2.32. The normalized spacial score (nSPS) is 15.8. The van der Waals surface area contributed by atoms with Crippen LogP contribution in [0.25, 0.3) is 0 Å². The number of carbonyl (C=O) groups excluding carboxylic acids is 1. The largest absolute Gasteiger partial charge is 0.497 e. The van der Waals surface area contributed by atoms with E-state index in [1.165, 1.54) is 0 Å². The van der Waals surface area contributed by atoms with Gasteiger partial charge in [-0.05, 0) is 49.2 Å². The van der Waals surface area contributed by atoms with E-state index in [2.05, 4.69) is 17.1 Å². The lowest BCUT2D eigenvalue weighted by molar-refractivity contribution is 0.0971. The minimum absolute atomic E-state index is 0.187. The number of nitrogens with one attached hydrogen (secondary N) is 1. The zero-order valence-electron chi connectivity index (χ0n) is 11.9. The van der Waals surface area contributed by atoms with Gasteiger partial charge in [-0.3, -0.25) is 10.1 Å². The van der Waals surface area contributed by atoms with Crippen molar-refractivity contribution in [2.24, 2.45) is 5.92 Å². The van der Waals surface area contributed by atoms with Crippen LogP contribution in [0.3, 0.4) is 0 Å². The molecule has 0 unspecified atom stereocenters. The van der Waals surface area contributed by atoms with Crippen LogP contribution in [-0.4, -0.2) is 36.1 Å². The van der Waals surface area contributed by atoms with Gasteiger partial charge >= 0.3 is 0 Å². The predicted octanol–water partition coefficient (Wildman–Crippen LogP) is 2.44. The van der Waals surface area contributed by atoms with Crippen molar-refractivity contribution < 1.29 is 9.53 Å². The summed E-state index contributed by atoms with van der Waals surface area (Å²) >= 11 is 5.31. The number of likely N-dealkylation sites (tertiary alicyclic amines) is 1. The molecule has 1 aliphatic rings. The topological polar surface area (TPSA) is 41.6 Å². The molecular formula is C15H20N2O2S. The second-order valence-electron chi connectivity index (χ2n) is 5.16. The quantitative estimate of drug-likeness (QED) is 0.850. The molecule has 2 rings (SSSR count). The summed E-state index contributed by atoms with van der Waals surface area (Å²) in [6.45, 7) is 4.08. The Labute approximate surface area is 125 Å². The zero-order valence-corrected chi connectivity index (χ0v) is 12.7. The molecule has 20 heavy (non-hydrogen) atoms. The molecule has 1 aliphatic heterocycles. The number of hydrogen-bond donors (Lipinski definition) is 1. The van der Waals surface area contributed by atoms with Crippen molar-refractivity contribution in [3.05, 3.63) is 29.8 Å². The fraction of sp³-hybridized carbons (Fsp3) is 0.467. The zero-order chi connectivity index (χ0) is 14.5. The van der Waals surface area contributed by atoms with Gasteiger partial charge in [0.25, 0.3) is 5.91 Å². The third kappa shape index (κ3) is 3.70. The molecule has 1 aromatic rings. The first-order chi connectivity index (χ1) is 9.60. The number of amides is 1. The molecule has 1 N–H and O–H groups in total. The highest BCUT2D eigenvalue weighted by molar-refractivity contribution is 7.80. The number of methoxy groups -OCH3 is 1.